The molecule has 1 fully saturated rings. The number of nitrogens with zero attached hydrogens (tertiary/aromatic N) is 4. The van der Waals surface area contributed by atoms with Crippen molar-refractivity contribution in [3.05, 3.63) is 12.2 Å². The van der Waals surface area contributed by atoms with E-state index >= 15 is 0 Å². The summed E-state index contributed by atoms with van der Waals surface area (Å²) >= 11 is 0. The van der Waals surface area contributed by atoms with E-state index in [9.17, 15) is 4.79 Å². The van der Waals surface area contributed by atoms with Crippen LogP contribution in [0.1, 0.15) is 25.1 Å². The quantitative estimate of drug-likeness (QED) is 0.673. The first-order chi connectivity index (χ1) is 9.69. The summed E-state index contributed by atoms with van der Waals surface area (Å²) in [6, 6.07) is 0. The Morgan fingerprint density at radius 2 is 2.50 bits per heavy atom. The number of esters is 1. The Kier molecular flexibility index (Phi) is 5.49. The lowest BCUT2D eigenvalue weighted by Gasteiger charge is -2.24. The van der Waals surface area contributed by atoms with Gasteiger partial charge in [-0.2, -0.15) is 5.10 Å². The van der Waals surface area contributed by atoms with E-state index < -0.39 is 0 Å². The Bertz CT molecular complexity index is 429. The fourth-order valence-corrected chi connectivity index (χ4v) is 2.33. The van der Waals surface area contributed by atoms with Gasteiger partial charge < -0.3 is 9.47 Å². The SMILES string of the molecule is COC(=O)CCN(Cc1ncnn1C)CC1CCCO1. The van der Waals surface area contributed by atoms with Crippen molar-refractivity contribution in [1.29, 1.82) is 0 Å². The molecule has 1 aromatic heterocycles. The van der Waals surface area contributed by atoms with Gasteiger partial charge in [0.2, 0.25) is 0 Å². The van der Waals surface area contributed by atoms with Crippen molar-refractivity contribution in [3.63, 3.8) is 0 Å². The molecular weight excluding hydrogens is 260 g/mol. The summed E-state index contributed by atoms with van der Waals surface area (Å²) in [6.45, 7) is 2.94. The minimum absolute atomic E-state index is 0.194. The molecule has 1 aromatic rings. The number of methoxy groups -OCH3 is 1. The van der Waals surface area contributed by atoms with Crippen LogP contribution in [0.25, 0.3) is 0 Å². The van der Waals surface area contributed by atoms with E-state index in [0.29, 0.717) is 19.5 Å². The second kappa shape index (κ2) is 7.35. The lowest BCUT2D eigenvalue weighted by atomic mass is 10.2. The first-order valence-corrected chi connectivity index (χ1v) is 6.92. The summed E-state index contributed by atoms with van der Waals surface area (Å²) in [6.07, 6.45) is 4.36. The number of carbonyl (C=O) groups is 1. The molecule has 20 heavy (non-hydrogen) atoms. The highest BCUT2D eigenvalue weighted by atomic mass is 16.5. The highest BCUT2D eigenvalue weighted by Crippen LogP contribution is 2.14. The van der Waals surface area contributed by atoms with Gasteiger partial charge in [0, 0.05) is 26.7 Å². The minimum atomic E-state index is -0.194. The van der Waals surface area contributed by atoms with E-state index in [4.69, 9.17) is 9.47 Å². The third kappa shape index (κ3) is 4.28. The number of hydrogen-bond acceptors (Lipinski definition) is 6. The van der Waals surface area contributed by atoms with Crippen molar-refractivity contribution >= 4 is 5.97 Å². The van der Waals surface area contributed by atoms with E-state index in [0.717, 1.165) is 31.8 Å². The lowest BCUT2D eigenvalue weighted by Crippen LogP contribution is -2.34. The molecular formula is C13H22N4O3. The zero-order valence-electron chi connectivity index (χ0n) is 12.1. The predicted octanol–water partition coefficient (Wildman–Crippen LogP) is 0.359. The summed E-state index contributed by atoms with van der Waals surface area (Å²) in [5, 5.41) is 4.07. The molecule has 112 valence electrons. The first kappa shape index (κ1) is 14.9. The Hall–Kier alpha value is -1.47. The molecule has 1 aliphatic rings. The number of aromatic nitrogens is 3. The summed E-state index contributed by atoms with van der Waals surface area (Å²) in [5.74, 6) is 0.688. The summed E-state index contributed by atoms with van der Waals surface area (Å²) in [5.41, 5.74) is 0. The van der Waals surface area contributed by atoms with Crippen molar-refractivity contribution in [2.45, 2.75) is 31.9 Å². The van der Waals surface area contributed by atoms with Gasteiger partial charge in [-0.15, -0.1) is 0 Å². The predicted molar refractivity (Wildman–Crippen MR) is 71.9 cm³/mol. The van der Waals surface area contributed by atoms with Crippen LogP contribution in [-0.4, -0.2) is 58.5 Å². The van der Waals surface area contributed by atoms with Gasteiger partial charge in [0.25, 0.3) is 0 Å². The van der Waals surface area contributed by atoms with Crippen LogP contribution in [0.3, 0.4) is 0 Å². The maximum atomic E-state index is 11.3. The fraction of sp³-hybridized carbons (Fsp3) is 0.769. The van der Waals surface area contributed by atoms with Crippen LogP contribution in [0, 0.1) is 0 Å². The molecule has 7 nitrogen and oxygen atoms in total. The van der Waals surface area contributed by atoms with Gasteiger partial charge in [-0.3, -0.25) is 14.4 Å². The molecule has 1 aliphatic heterocycles. The van der Waals surface area contributed by atoms with Crippen LogP contribution < -0.4 is 0 Å². The monoisotopic (exact) mass is 282 g/mol. The van der Waals surface area contributed by atoms with Crippen LogP contribution in [0.15, 0.2) is 6.33 Å². The lowest BCUT2D eigenvalue weighted by molar-refractivity contribution is -0.141. The molecule has 1 saturated heterocycles. The van der Waals surface area contributed by atoms with Gasteiger partial charge in [-0.05, 0) is 12.8 Å². The van der Waals surface area contributed by atoms with Gasteiger partial charge in [0.1, 0.15) is 12.2 Å². The summed E-state index contributed by atoms with van der Waals surface area (Å²) in [7, 11) is 3.28. The smallest absolute Gasteiger partial charge is 0.306 e. The average molecular weight is 282 g/mol. The van der Waals surface area contributed by atoms with Gasteiger partial charge in [0.15, 0.2) is 0 Å². The van der Waals surface area contributed by atoms with Gasteiger partial charge in [-0.1, -0.05) is 0 Å². The highest BCUT2D eigenvalue weighted by Gasteiger charge is 2.21. The molecule has 0 aromatic carbocycles. The van der Waals surface area contributed by atoms with E-state index in [1.165, 1.54) is 7.11 Å². The molecule has 2 rings (SSSR count). The molecule has 2 heterocycles. The first-order valence-electron chi connectivity index (χ1n) is 6.92. The maximum Gasteiger partial charge on any atom is 0.306 e. The zero-order chi connectivity index (χ0) is 14.4. The Morgan fingerprint density at radius 1 is 1.65 bits per heavy atom. The molecule has 0 spiro atoms. The highest BCUT2D eigenvalue weighted by molar-refractivity contribution is 5.69. The molecule has 0 N–H and O–H groups in total. The Balaban J connectivity index is 1.91. The number of hydrogen-bond donors (Lipinski definition) is 0. The molecule has 7 heteroatoms. The standard InChI is InChI=1S/C13H22N4O3/c1-16-12(14-10-15-16)9-17(6-5-13(18)19-2)8-11-4-3-7-20-11/h10-11H,3-9H2,1-2H3. The third-order valence-electron chi connectivity index (χ3n) is 3.52. The van der Waals surface area contributed by atoms with E-state index in [1.54, 1.807) is 11.0 Å². The van der Waals surface area contributed by atoms with E-state index in [-0.39, 0.29) is 12.1 Å². The van der Waals surface area contributed by atoms with Gasteiger partial charge in [0.05, 0.1) is 26.2 Å². The van der Waals surface area contributed by atoms with Crippen LogP contribution in [-0.2, 0) is 27.9 Å². The fourth-order valence-electron chi connectivity index (χ4n) is 2.33. The molecule has 0 radical (unpaired) electrons. The molecule has 1 unspecified atom stereocenters. The number of carbonyl (C=O) groups excluding carboxylic acids is 1. The second-order valence-corrected chi connectivity index (χ2v) is 5.00. The molecule has 0 saturated carbocycles. The summed E-state index contributed by atoms with van der Waals surface area (Å²) < 4.78 is 12.1. The van der Waals surface area contributed by atoms with E-state index in [2.05, 4.69) is 15.0 Å². The maximum absolute atomic E-state index is 11.3. The molecule has 1 atom stereocenters. The normalized spacial score (nSPS) is 18.6. The third-order valence-corrected chi connectivity index (χ3v) is 3.52. The molecule has 0 aliphatic carbocycles. The minimum Gasteiger partial charge on any atom is -0.469 e. The number of rotatable bonds is 7. The molecule has 0 bridgehead atoms. The summed E-state index contributed by atoms with van der Waals surface area (Å²) in [4.78, 5) is 17.7. The van der Waals surface area contributed by atoms with Crippen molar-refractivity contribution in [1.82, 2.24) is 19.7 Å². The average Bonchev–Trinajstić information content (AvgIpc) is 3.08. The van der Waals surface area contributed by atoms with Crippen LogP contribution >= 0.6 is 0 Å². The Labute approximate surface area is 118 Å². The Morgan fingerprint density at radius 3 is 3.10 bits per heavy atom. The van der Waals surface area contributed by atoms with Gasteiger partial charge in [-0.25, -0.2) is 4.98 Å². The zero-order valence-corrected chi connectivity index (χ0v) is 12.1. The van der Waals surface area contributed by atoms with Crippen LogP contribution in [0.2, 0.25) is 0 Å². The van der Waals surface area contributed by atoms with E-state index in [1.807, 2.05) is 7.05 Å². The van der Waals surface area contributed by atoms with Crippen molar-refractivity contribution < 1.29 is 14.3 Å². The van der Waals surface area contributed by atoms with Crippen LogP contribution in [0.4, 0.5) is 0 Å². The van der Waals surface area contributed by atoms with Crippen molar-refractivity contribution in [2.75, 3.05) is 26.8 Å². The van der Waals surface area contributed by atoms with Crippen LogP contribution in [0.5, 0.6) is 0 Å². The topological polar surface area (TPSA) is 69.5 Å². The van der Waals surface area contributed by atoms with Crippen molar-refractivity contribution in [2.24, 2.45) is 7.05 Å². The largest absolute Gasteiger partial charge is 0.469 e. The number of ether oxygens (including phenoxy) is 2. The molecule has 0 amide bonds. The van der Waals surface area contributed by atoms with Gasteiger partial charge >= 0.3 is 5.97 Å². The second-order valence-electron chi connectivity index (χ2n) is 5.00. The number of aryl methyl sites for hydroxylation is 1. The van der Waals surface area contributed by atoms with Crippen molar-refractivity contribution in [3.8, 4) is 0 Å².